The van der Waals surface area contributed by atoms with Crippen molar-refractivity contribution in [3.05, 3.63) is 0 Å². The van der Waals surface area contributed by atoms with Gasteiger partial charge in [0.2, 0.25) is 0 Å². The Morgan fingerprint density at radius 2 is 1.81 bits per heavy atom. The van der Waals surface area contributed by atoms with E-state index < -0.39 is 26.2 Å². The molecule has 1 aliphatic carbocycles. The van der Waals surface area contributed by atoms with Gasteiger partial charge in [0.25, 0.3) is 15.9 Å². The molecule has 1 saturated carbocycles. The second kappa shape index (κ2) is 2.98. The van der Waals surface area contributed by atoms with Crippen LogP contribution in [0.1, 0.15) is 39.5 Å². The normalized spacial score (nSPS) is 29.6. The third-order valence-corrected chi connectivity index (χ3v) is 6.07. The SMILES string of the molecule is CC1(C)C(=O)N(C2(C#N)CCCC2)S1(=O)=O. The van der Waals surface area contributed by atoms with Crippen molar-refractivity contribution in [2.45, 2.75) is 49.8 Å². The summed E-state index contributed by atoms with van der Waals surface area (Å²) in [5.74, 6) is -0.448. The highest BCUT2D eigenvalue weighted by Gasteiger charge is 2.67. The van der Waals surface area contributed by atoms with Gasteiger partial charge in [-0.05, 0) is 39.5 Å². The lowest BCUT2D eigenvalue weighted by Crippen LogP contribution is -2.73. The van der Waals surface area contributed by atoms with E-state index >= 15 is 0 Å². The molecule has 2 fully saturated rings. The number of sulfonamides is 1. The molecular formula is C10H14N2O3S. The van der Waals surface area contributed by atoms with Crippen LogP contribution in [0.4, 0.5) is 0 Å². The number of rotatable bonds is 1. The lowest BCUT2D eigenvalue weighted by molar-refractivity contribution is -0.135. The van der Waals surface area contributed by atoms with Crippen LogP contribution in [0.2, 0.25) is 0 Å². The van der Waals surface area contributed by atoms with Gasteiger partial charge in [0.1, 0.15) is 5.54 Å². The van der Waals surface area contributed by atoms with Crippen LogP contribution < -0.4 is 0 Å². The van der Waals surface area contributed by atoms with Crippen molar-refractivity contribution in [3.63, 3.8) is 0 Å². The lowest BCUT2D eigenvalue weighted by atomic mass is 9.98. The molecule has 88 valence electrons. The average molecular weight is 242 g/mol. The Hall–Kier alpha value is -1.09. The summed E-state index contributed by atoms with van der Waals surface area (Å²) in [7, 11) is -3.64. The van der Waals surface area contributed by atoms with Crippen LogP contribution in [0.5, 0.6) is 0 Å². The average Bonchev–Trinajstić information content (AvgIpc) is 2.67. The standard InChI is InChI=1S/C10H14N2O3S/c1-9(2)8(13)12(16(9,14)15)10(7-11)5-3-4-6-10/h3-6H2,1-2H3. The molecule has 0 spiro atoms. The topological polar surface area (TPSA) is 78.2 Å². The molecule has 0 bridgehead atoms. The predicted molar refractivity (Wildman–Crippen MR) is 56.7 cm³/mol. The van der Waals surface area contributed by atoms with Gasteiger partial charge in [-0.1, -0.05) is 0 Å². The van der Waals surface area contributed by atoms with Crippen molar-refractivity contribution in [1.29, 1.82) is 5.26 Å². The smallest absolute Gasteiger partial charge is 0.260 e. The van der Waals surface area contributed by atoms with Crippen LogP contribution in [0.15, 0.2) is 0 Å². The first-order valence-corrected chi connectivity index (χ1v) is 6.74. The van der Waals surface area contributed by atoms with E-state index in [1.807, 2.05) is 6.07 Å². The molecule has 5 nitrogen and oxygen atoms in total. The fourth-order valence-electron chi connectivity index (χ4n) is 2.40. The molecule has 6 heteroatoms. The van der Waals surface area contributed by atoms with Crippen molar-refractivity contribution in [2.24, 2.45) is 0 Å². The van der Waals surface area contributed by atoms with E-state index in [-0.39, 0.29) is 0 Å². The second-order valence-corrected chi connectivity index (χ2v) is 7.27. The number of carbonyl (C=O) groups is 1. The molecule has 1 aliphatic heterocycles. The van der Waals surface area contributed by atoms with Crippen molar-refractivity contribution in [3.8, 4) is 6.07 Å². The van der Waals surface area contributed by atoms with Crippen LogP contribution in [0, 0.1) is 11.3 Å². The Balaban J connectivity index is 2.46. The summed E-state index contributed by atoms with van der Waals surface area (Å²) in [6.45, 7) is 2.78. The monoisotopic (exact) mass is 242 g/mol. The fourth-order valence-corrected chi connectivity index (χ4v) is 4.16. The van der Waals surface area contributed by atoms with Crippen molar-refractivity contribution in [1.82, 2.24) is 4.31 Å². The van der Waals surface area contributed by atoms with Crippen LogP contribution in [-0.2, 0) is 14.8 Å². The van der Waals surface area contributed by atoms with E-state index in [0.717, 1.165) is 17.1 Å². The molecule has 0 atom stereocenters. The summed E-state index contributed by atoms with van der Waals surface area (Å²) in [5.41, 5.74) is -1.11. The van der Waals surface area contributed by atoms with Crippen molar-refractivity contribution < 1.29 is 13.2 Å². The first-order valence-electron chi connectivity index (χ1n) is 5.30. The van der Waals surface area contributed by atoms with Crippen molar-refractivity contribution >= 4 is 15.9 Å². The second-order valence-electron chi connectivity index (χ2n) is 4.94. The van der Waals surface area contributed by atoms with Gasteiger partial charge in [-0.15, -0.1) is 0 Å². The fraction of sp³-hybridized carbons (Fsp3) is 0.800. The van der Waals surface area contributed by atoms with Crippen LogP contribution in [0.3, 0.4) is 0 Å². The van der Waals surface area contributed by atoms with Crippen LogP contribution in [0.25, 0.3) is 0 Å². The summed E-state index contributed by atoms with van der Waals surface area (Å²) < 4.78 is 23.4. The highest BCUT2D eigenvalue weighted by atomic mass is 32.2. The highest BCUT2D eigenvalue weighted by Crippen LogP contribution is 2.46. The lowest BCUT2D eigenvalue weighted by Gasteiger charge is -2.49. The number of carbonyl (C=O) groups excluding carboxylic acids is 1. The Morgan fingerprint density at radius 3 is 2.19 bits per heavy atom. The van der Waals surface area contributed by atoms with E-state index in [1.165, 1.54) is 13.8 Å². The number of nitriles is 1. The largest absolute Gasteiger partial charge is 0.272 e. The Morgan fingerprint density at radius 1 is 1.31 bits per heavy atom. The Bertz CT molecular complexity index is 481. The molecule has 1 saturated heterocycles. The van der Waals surface area contributed by atoms with E-state index in [0.29, 0.717) is 12.8 Å². The molecular weight excluding hydrogens is 228 g/mol. The highest BCUT2D eigenvalue weighted by molar-refractivity contribution is 7.94. The zero-order valence-corrected chi connectivity index (χ0v) is 10.2. The molecule has 2 rings (SSSR count). The third kappa shape index (κ3) is 1.04. The minimum atomic E-state index is -3.64. The zero-order valence-electron chi connectivity index (χ0n) is 9.36. The van der Waals surface area contributed by atoms with Crippen LogP contribution >= 0.6 is 0 Å². The first kappa shape index (κ1) is 11.4. The van der Waals surface area contributed by atoms with Gasteiger partial charge in [-0.3, -0.25) is 4.79 Å². The van der Waals surface area contributed by atoms with E-state index in [1.54, 1.807) is 0 Å². The maximum absolute atomic E-state index is 12.0. The molecule has 16 heavy (non-hydrogen) atoms. The number of nitrogens with zero attached hydrogens (tertiary/aromatic N) is 2. The minimum absolute atomic E-state index is 0.448. The minimum Gasteiger partial charge on any atom is -0.272 e. The maximum Gasteiger partial charge on any atom is 0.260 e. The summed E-state index contributed by atoms with van der Waals surface area (Å²) in [6, 6.07) is 2.03. The van der Waals surface area contributed by atoms with Gasteiger partial charge in [-0.2, -0.15) is 5.26 Å². The third-order valence-electron chi connectivity index (χ3n) is 3.61. The van der Waals surface area contributed by atoms with E-state index in [9.17, 15) is 13.2 Å². The summed E-state index contributed by atoms with van der Waals surface area (Å²) >= 11 is 0. The summed E-state index contributed by atoms with van der Waals surface area (Å²) in [4.78, 5) is 11.8. The maximum atomic E-state index is 12.0. The van der Waals surface area contributed by atoms with Gasteiger partial charge in [0.15, 0.2) is 4.75 Å². The molecule has 2 aliphatic rings. The zero-order chi connectivity index (χ0) is 12.2. The molecule has 0 aromatic rings. The van der Waals surface area contributed by atoms with Crippen LogP contribution in [-0.4, -0.2) is 28.9 Å². The van der Waals surface area contributed by atoms with Gasteiger partial charge in [0.05, 0.1) is 6.07 Å². The van der Waals surface area contributed by atoms with Gasteiger partial charge in [0, 0.05) is 0 Å². The molecule has 0 aromatic heterocycles. The van der Waals surface area contributed by atoms with E-state index in [2.05, 4.69) is 0 Å². The van der Waals surface area contributed by atoms with Gasteiger partial charge < -0.3 is 0 Å². The summed E-state index contributed by atoms with van der Waals surface area (Å²) in [6.07, 6.45) is 2.52. The Labute approximate surface area is 95.1 Å². The van der Waals surface area contributed by atoms with Gasteiger partial charge >= 0.3 is 0 Å². The molecule has 0 N–H and O–H groups in total. The number of hydrogen-bond donors (Lipinski definition) is 0. The molecule has 0 unspecified atom stereocenters. The predicted octanol–water partition coefficient (Wildman–Crippen LogP) is 0.773. The molecule has 1 heterocycles. The van der Waals surface area contributed by atoms with Gasteiger partial charge in [-0.25, -0.2) is 12.7 Å². The molecule has 1 amide bonds. The molecule has 0 aromatic carbocycles. The Kier molecular flexibility index (Phi) is 2.12. The van der Waals surface area contributed by atoms with Crippen molar-refractivity contribution in [2.75, 3.05) is 0 Å². The number of amides is 1. The quantitative estimate of drug-likeness (QED) is 0.680. The molecule has 0 radical (unpaired) electrons. The first-order chi connectivity index (χ1) is 7.29. The van der Waals surface area contributed by atoms with E-state index in [4.69, 9.17) is 5.26 Å². The number of hydrogen-bond acceptors (Lipinski definition) is 4. The summed E-state index contributed by atoms with van der Waals surface area (Å²) in [5, 5.41) is 9.16.